The predicted octanol–water partition coefficient (Wildman–Crippen LogP) is 5.23. The van der Waals surface area contributed by atoms with Gasteiger partial charge >= 0.3 is 0 Å². The number of rotatable bonds is 9. The van der Waals surface area contributed by atoms with Gasteiger partial charge in [-0.2, -0.15) is 0 Å². The maximum atomic E-state index is 11.0. The maximum absolute atomic E-state index is 11.0. The van der Waals surface area contributed by atoms with Crippen LogP contribution in [0.1, 0.15) is 51.5 Å². The van der Waals surface area contributed by atoms with Crippen LogP contribution in [0.15, 0.2) is 18.2 Å². The lowest BCUT2D eigenvalue weighted by atomic mass is 10.1. The van der Waals surface area contributed by atoms with Crippen molar-refractivity contribution in [3.63, 3.8) is 0 Å². The zero-order valence-corrected chi connectivity index (χ0v) is 13.7. The molecule has 5 heteroatoms. The highest BCUT2D eigenvalue weighted by atomic mass is 79.9. The van der Waals surface area contributed by atoms with Crippen molar-refractivity contribution >= 4 is 21.6 Å². The zero-order valence-electron chi connectivity index (χ0n) is 12.1. The average Bonchev–Trinajstić information content (AvgIpc) is 2.43. The molecule has 0 saturated heterocycles. The van der Waals surface area contributed by atoms with Crippen molar-refractivity contribution in [2.75, 3.05) is 0 Å². The molecule has 20 heavy (non-hydrogen) atoms. The highest BCUT2D eigenvalue weighted by Crippen LogP contribution is 2.27. The number of nitro benzene ring substituents is 1. The molecule has 0 radical (unpaired) electrons. The van der Waals surface area contributed by atoms with Crippen LogP contribution in [0.4, 0.5) is 5.69 Å². The first-order chi connectivity index (χ1) is 9.58. The summed E-state index contributed by atoms with van der Waals surface area (Å²) in [6.07, 6.45) is 5.88. The number of unbranched alkanes of at least 4 members (excludes halogenated alkanes) is 3. The normalized spacial score (nSPS) is 12.2. The summed E-state index contributed by atoms with van der Waals surface area (Å²) in [6.45, 7) is 4.20. The number of halogens is 1. The molecule has 0 heterocycles. The lowest BCUT2D eigenvalue weighted by Gasteiger charge is -2.14. The van der Waals surface area contributed by atoms with Gasteiger partial charge in [0, 0.05) is 10.9 Å². The van der Waals surface area contributed by atoms with Crippen molar-refractivity contribution in [1.29, 1.82) is 0 Å². The molecule has 1 unspecified atom stereocenters. The number of ether oxygens (including phenoxy) is 1. The van der Waals surface area contributed by atoms with Crippen LogP contribution in [0.25, 0.3) is 0 Å². The molecular formula is C15H22BrNO3. The number of nitro groups is 1. The van der Waals surface area contributed by atoms with E-state index in [0.29, 0.717) is 16.6 Å². The highest BCUT2D eigenvalue weighted by molar-refractivity contribution is 9.08. The summed E-state index contributed by atoms with van der Waals surface area (Å²) >= 11 is 3.26. The molecule has 0 amide bonds. The Morgan fingerprint density at radius 3 is 2.70 bits per heavy atom. The van der Waals surface area contributed by atoms with Gasteiger partial charge in [-0.3, -0.25) is 10.1 Å². The minimum atomic E-state index is -0.366. The molecule has 0 bridgehead atoms. The van der Waals surface area contributed by atoms with Crippen molar-refractivity contribution in [2.24, 2.45) is 0 Å². The van der Waals surface area contributed by atoms with E-state index in [4.69, 9.17) is 4.74 Å². The van der Waals surface area contributed by atoms with Gasteiger partial charge in [-0.25, -0.2) is 0 Å². The molecule has 1 rings (SSSR count). The molecule has 1 aromatic carbocycles. The lowest BCUT2D eigenvalue weighted by molar-refractivity contribution is -0.385. The molecule has 1 aromatic rings. The van der Waals surface area contributed by atoms with Crippen molar-refractivity contribution in [3.05, 3.63) is 33.9 Å². The van der Waals surface area contributed by atoms with Gasteiger partial charge in [0.2, 0.25) is 0 Å². The van der Waals surface area contributed by atoms with Crippen LogP contribution in [0.2, 0.25) is 0 Å². The van der Waals surface area contributed by atoms with E-state index in [-0.39, 0.29) is 16.7 Å². The van der Waals surface area contributed by atoms with E-state index in [1.807, 2.05) is 6.92 Å². The van der Waals surface area contributed by atoms with E-state index >= 15 is 0 Å². The molecule has 0 aromatic heterocycles. The second kappa shape index (κ2) is 8.95. The van der Waals surface area contributed by atoms with E-state index < -0.39 is 0 Å². The largest absolute Gasteiger partial charge is 0.490 e. The quantitative estimate of drug-likeness (QED) is 0.267. The smallest absolute Gasteiger partial charge is 0.277 e. The van der Waals surface area contributed by atoms with Gasteiger partial charge in [0.1, 0.15) is 5.75 Å². The van der Waals surface area contributed by atoms with E-state index in [0.717, 1.165) is 12.8 Å². The lowest BCUT2D eigenvalue weighted by Crippen LogP contribution is -2.11. The first-order valence-electron chi connectivity index (χ1n) is 7.08. The van der Waals surface area contributed by atoms with Crippen LogP contribution in [-0.4, -0.2) is 11.0 Å². The summed E-state index contributed by atoms with van der Waals surface area (Å²) in [5.74, 6) is 0.574. The summed E-state index contributed by atoms with van der Waals surface area (Å²) in [5.41, 5.74) is 0.774. The molecule has 0 spiro atoms. The Hall–Kier alpha value is -1.10. The second-order valence-corrected chi connectivity index (χ2v) is 5.52. The summed E-state index contributed by atoms with van der Waals surface area (Å²) in [7, 11) is 0. The predicted molar refractivity (Wildman–Crippen MR) is 84.6 cm³/mol. The van der Waals surface area contributed by atoms with E-state index in [9.17, 15) is 10.1 Å². The van der Waals surface area contributed by atoms with Crippen LogP contribution >= 0.6 is 15.9 Å². The number of benzene rings is 1. The molecule has 0 saturated carbocycles. The minimum absolute atomic E-state index is 0.0845. The van der Waals surface area contributed by atoms with Gasteiger partial charge in [0.25, 0.3) is 5.69 Å². The fourth-order valence-electron chi connectivity index (χ4n) is 2.05. The number of hydrogen-bond acceptors (Lipinski definition) is 3. The van der Waals surface area contributed by atoms with Crippen LogP contribution in [-0.2, 0) is 5.33 Å². The Balaban J connectivity index is 2.59. The molecule has 0 N–H and O–H groups in total. The summed E-state index contributed by atoms with van der Waals surface area (Å²) in [6, 6.07) is 5.05. The molecule has 0 aliphatic heterocycles. The van der Waals surface area contributed by atoms with Crippen LogP contribution in [0.5, 0.6) is 5.75 Å². The van der Waals surface area contributed by atoms with Crippen molar-refractivity contribution < 1.29 is 9.66 Å². The Kier molecular flexibility index (Phi) is 7.59. The van der Waals surface area contributed by atoms with Crippen LogP contribution in [0.3, 0.4) is 0 Å². The van der Waals surface area contributed by atoms with E-state index in [1.165, 1.54) is 25.3 Å². The van der Waals surface area contributed by atoms with Crippen molar-refractivity contribution in [2.45, 2.75) is 57.4 Å². The highest BCUT2D eigenvalue weighted by Gasteiger charge is 2.15. The maximum Gasteiger partial charge on any atom is 0.277 e. The van der Waals surface area contributed by atoms with Gasteiger partial charge in [0.15, 0.2) is 0 Å². The van der Waals surface area contributed by atoms with Gasteiger partial charge in [-0.15, -0.1) is 0 Å². The minimum Gasteiger partial charge on any atom is -0.490 e. The van der Waals surface area contributed by atoms with Gasteiger partial charge in [0.05, 0.1) is 17.1 Å². The second-order valence-electron chi connectivity index (χ2n) is 4.96. The van der Waals surface area contributed by atoms with E-state index in [2.05, 4.69) is 22.9 Å². The number of nitrogens with zero attached hydrogens (tertiary/aromatic N) is 1. The summed E-state index contributed by atoms with van der Waals surface area (Å²) in [5, 5.41) is 11.5. The topological polar surface area (TPSA) is 52.4 Å². The molecule has 1 atom stereocenters. The van der Waals surface area contributed by atoms with Crippen LogP contribution in [0, 0.1) is 10.1 Å². The van der Waals surface area contributed by atoms with Crippen LogP contribution < -0.4 is 4.74 Å². The SMILES string of the molecule is CCCCCCC(C)Oc1ccc(CBr)c([N+](=O)[O-])c1. The van der Waals surface area contributed by atoms with Crippen molar-refractivity contribution in [3.8, 4) is 5.75 Å². The fourth-order valence-corrected chi connectivity index (χ4v) is 2.52. The Bertz CT molecular complexity index is 437. The molecule has 112 valence electrons. The molecule has 0 aliphatic rings. The summed E-state index contributed by atoms with van der Waals surface area (Å²) in [4.78, 5) is 10.6. The Labute approximate surface area is 128 Å². The number of hydrogen-bond donors (Lipinski definition) is 0. The van der Waals surface area contributed by atoms with E-state index in [1.54, 1.807) is 12.1 Å². The Morgan fingerprint density at radius 2 is 2.10 bits per heavy atom. The monoisotopic (exact) mass is 343 g/mol. The zero-order chi connectivity index (χ0) is 15.0. The number of alkyl halides is 1. The first-order valence-corrected chi connectivity index (χ1v) is 8.20. The molecular weight excluding hydrogens is 322 g/mol. The average molecular weight is 344 g/mol. The van der Waals surface area contributed by atoms with Gasteiger partial charge in [-0.05, 0) is 31.9 Å². The van der Waals surface area contributed by atoms with Gasteiger partial charge < -0.3 is 4.74 Å². The third-order valence-corrected chi connectivity index (χ3v) is 3.80. The summed E-state index contributed by atoms with van der Waals surface area (Å²) < 4.78 is 5.77. The Morgan fingerprint density at radius 1 is 1.35 bits per heavy atom. The van der Waals surface area contributed by atoms with Gasteiger partial charge in [-0.1, -0.05) is 42.1 Å². The third kappa shape index (κ3) is 5.49. The standard InChI is InChI=1S/C15H22BrNO3/c1-3-4-5-6-7-12(2)20-14-9-8-13(11-16)15(10-14)17(18)19/h8-10,12H,3-7,11H2,1-2H3. The molecule has 4 nitrogen and oxygen atoms in total. The third-order valence-electron chi connectivity index (χ3n) is 3.20. The molecule has 0 aliphatic carbocycles. The fraction of sp³-hybridized carbons (Fsp3) is 0.600. The van der Waals surface area contributed by atoms with Crippen molar-refractivity contribution in [1.82, 2.24) is 0 Å². The molecule has 0 fully saturated rings. The first kappa shape index (κ1) is 17.0.